The van der Waals surface area contributed by atoms with E-state index in [1.807, 2.05) is 0 Å². The normalized spacial score (nSPS) is 11.3. The Labute approximate surface area is 95.5 Å². The second-order valence-corrected chi connectivity index (χ2v) is 3.47. The van der Waals surface area contributed by atoms with E-state index in [1.165, 1.54) is 7.11 Å². The zero-order valence-corrected chi connectivity index (χ0v) is 9.47. The molecule has 1 N–H and O–H groups in total. The van der Waals surface area contributed by atoms with Gasteiger partial charge in [-0.3, -0.25) is 4.79 Å². The first-order valence-corrected chi connectivity index (χ1v) is 4.64. The zero-order chi connectivity index (χ0) is 11.6. The minimum Gasteiger partial charge on any atom is -0.491 e. The summed E-state index contributed by atoms with van der Waals surface area (Å²) in [4.78, 5) is 13.2. The standard InChI is InChI=1S/C7H5F3INO3/c1-14-5-3(15-7(8,9)10)2-4(13)12-6(5)11/h2H,1H3,(H,12,13). The maximum atomic E-state index is 11.9. The fraction of sp³-hybridized carbons (Fsp3) is 0.286. The molecule has 0 aliphatic rings. The summed E-state index contributed by atoms with van der Waals surface area (Å²) in [6.45, 7) is 0. The average molecular weight is 335 g/mol. The van der Waals surface area contributed by atoms with E-state index in [2.05, 4.69) is 14.5 Å². The second-order valence-electron chi connectivity index (χ2n) is 2.39. The van der Waals surface area contributed by atoms with E-state index in [4.69, 9.17) is 0 Å². The van der Waals surface area contributed by atoms with Gasteiger partial charge in [0.2, 0.25) is 0 Å². The third kappa shape index (κ3) is 3.29. The van der Waals surface area contributed by atoms with E-state index in [-0.39, 0.29) is 9.45 Å². The number of pyridine rings is 1. The molecule has 15 heavy (non-hydrogen) atoms. The van der Waals surface area contributed by atoms with Gasteiger partial charge in [-0.1, -0.05) is 0 Å². The van der Waals surface area contributed by atoms with Crippen LogP contribution >= 0.6 is 22.6 Å². The van der Waals surface area contributed by atoms with Crippen LogP contribution in [0.4, 0.5) is 13.2 Å². The topological polar surface area (TPSA) is 51.3 Å². The van der Waals surface area contributed by atoms with E-state index in [1.54, 1.807) is 22.6 Å². The molecule has 0 saturated heterocycles. The minimum absolute atomic E-state index is 0.141. The molecule has 1 aromatic rings. The SMILES string of the molecule is COc1c(OC(F)(F)F)cc(=O)[nH]c1I. The molecule has 4 nitrogen and oxygen atoms in total. The van der Waals surface area contributed by atoms with Crippen molar-refractivity contribution in [1.82, 2.24) is 4.98 Å². The Kier molecular flexibility index (Phi) is 3.47. The van der Waals surface area contributed by atoms with Crippen molar-refractivity contribution in [2.24, 2.45) is 0 Å². The van der Waals surface area contributed by atoms with Gasteiger partial charge in [0, 0.05) is 6.07 Å². The fourth-order valence-electron chi connectivity index (χ4n) is 0.884. The highest BCUT2D eigenvalue weighted by Gasteiger charge is 2.33. The molecule has 0 aliphatic carbocycles. The Morgan fingerprint density at radius 3 is 2.53 bits per heavy atom. The summed E-state index contributed by atoms with van der Waals surface area (Å²) >= 11 is 1.64. The molecular formula is C7H5F3INO3. The summed E-state index contributed by atoms with van der Waals surface area (Å²) < 4.78 is 44.2. The Morgan fingerprint density at radius 1 is 1.47 bits per heavy atom. The molecule has 1 heterocycles. The molecule has 0 aliphatic heterocycles. The Bertz CT molecular complexity index is 415. The molecule has 1 rings (SSSR count). The van der Waals surface area contributed by atoms with Crippen molar-refractivity contribution < 1.29 is 22.6 Å². The fourth-order valence-corrected chi connectivity index (χ4v) is 1.64. The van der Waals surface area contributed by atoms with Gasteiger partial charge < -0.3 is 14.5 Å². The number of alkyl halides is 3. The molecule has 0 aromatic carbocycles. The summed E-state index contributed by atoms with van der Waals surface area (Å²) in [5.41, 5.74) is -0.695. The molecule has 0 spiro atoms. The lowest BCUT2D eigenvalue weighted by Crippen LogP contribution is -2.20. The van der Waals surface area contributed by atoms with Crippen LogP contribution in [0.1, 0.15) is 0 Å². The van der Waals surface area contributed by atoms with Crippen LogP contribution in [0.15, 0.2) is 10.9 Å². The van der Waals surface area contributed by atoms with Crippen LogP contribution in [0.2, 0.25) is 0 Å². The van der Waals surface area contributed by atoms with Crippen molar-refractivity contribution in [2.45, 2.75) is 6.36 Å². The predicted molar refractivity (Wildman–Crippen MR) is 53.0 cm³/mol. The van der Waals surface area contributed by atoms with Crippen LogP contribution in [0.25, 0.3) is 0 Å². The molecule has 0 atom stereocenters. The summed E-state index contributed by atoms with van der Waals surface area (Å²) in [5.74, 6) is -0.814. The van der Waals surface area contributed by atoms with E-state index in [9.17, 15) is 18.0 Å². The van der Waals surface area contributed by atoms with Crippen molar-refractivity contribution in [1.29, 1.82) is 0 Å². The monoisotopic (exact) mass is 335 g/mol. The summed E-state index contributed by atoms with van der Waals surface area (Å²) in [5, 5.41) is 0. The lowest BCUT2D eigenvalue weighted by atomic mass is 10.4. The van der Waals surface area contributed by atoms with E-state index in [0.717, 1.165) is 0 Å². The van der Waals surface area contributed by atoms with Gasteiger partial charge in [0.15, 0.2) is 11.5 Å². The number of ether oxygens (including phenoxy) is 2. The van der Waals surface area contributed by atoms with Crippen molar-refractivity contribution in [3.63, 3.8) is 0 Å². The number of nitrogens with one attached hydrogen (secondary N) is 1. The highest BCUT2D eigenvalue weighted by Crippen LogP contribution is 2.33. The Morgan fingerprint density at radius 2 is 2.07 bits per heavy atom. The minimum atomic E-state index is -4.86. The molecule has 84 valence electrons. The van der Waals surface area contributed by atoms with Gasteiger partial charge >= 0.3 is 6.36 Å². The van der Waals surface area contributed by atoms with Crippen molar-refractivity contribution in [2.75, 3.05) is 7.11 Å². The molecule has 0 radical (unpaired) electrons. The largest absolute Gasteiger partial charge is 0.573 e. The number of hydrogen-bond donors (Lipinski definition) is 1. The van der Waals surface area contributed by atoms with Crippen LogP contribution in [-0.2, 0) is 0 Å². The molecular weight excluding hydrogens is 330 g/mol. The highest BCUT2D eigenvalue weighted by molar-refractivity contribution is 14.1. The molecule has 0 fully saturated rings. The third-order valence-corrected chi connectivity index (χ3v) is 2.11. The van der Waals surface area contributed by atoms with Gasteiger partial charge in [-0.2, -0.15) is 0 Å². The first-order valence-electron chi connectivity index (χ1n) is 3.56. The van der Waals surface area contributed by atoms with Crippen LogP contribution < -0.4 is 15.0 Å². The van der Waals surface area contributed by atoms with Crippen molar-refractivity contribution in [3.8, 4) is 11.5 Å². The van der Waals surface area contributed by atoms with E-state index >= 15 is 0 Å². The van der Waals surface area contributed by atoms with Gasteiger partial charge in [0.1, 0.15) is 3.70 Å². The highest BCUT2D eigenvalue weighted by atomic mass is 127. The molecule has 0 bridgehead atoms. The Balaban J connectivity index is 3.21. The number of aromatic amines is 1. The van der Waals surface area contributed by atoms with E-state index in [0.29, 0.717) is 6.07 Å². The molecule has 8 heteroatoms. The molecule has 1 aromatic heterocycles. The molecule has 0 unspecified atom stereocenters. The average Bonchev–Trinajstić information content (AvgIpc) is 1.99. The number of halogens is 4. The van der Waals surface area contributed by atoms with Gasteiger partial charge in [0.05, 0.1) is 7.11 Å². The smallest absolute Gasteiger partial charge is 0.491 e. The predicted octanol–water partition coefficient (Wildman–Crippen LogP) is 1.89. The van der Waals surface area contributed by atoms with Gasteiger partial charge in [-0.25, -0.2) is 0 Å². The lowest BCUT2D eigenvalue weighted by Gasteiger charge is -2.12. The second kappa shape index (κ2) is 4.29. The number of aromatic nitrogens is 1. The zero-order valence-electron chi connectivity index (χ0n) is 7.31. The first-order chi connectivity index (χ1) is 6.83. The maximum Gasteiger partial charge on any atom is 0.573 e. The third-order valence-electron chi connectivity index (χ3n) is 1.35. The van der Waals surface area contributed by atoms with Crippen LogP contribution in [0.3, 0.4) is 0 Å². The number of methoxy groups -OCH3 is 1. The summed E-state index contributed by atoms with van der Waals surface area (Å²) in [6.07, 6.45) is -4.86. The van der Waals surface area contributed by atoms with Gasteiger partial charge in [-0.15, -0.1) is 13.2 Å². The number of rotatable bonds is 2. The van der Waals surface area contributed by atoms with Gasteiger partial charge in [-0.05, 0) is 22.6 Å². The maximum absolute atomic E-state index is 11.9. The van der Waals surface area contributed by atoms with Gasteiger partial charge in [0.25, 0.3) is 5.56 Å². The molecule has 0 amide bonds. The lowest BCUT2D eigenvalue weighted by molar-refractivity contribution is -0.275. The van der Waals surface area contributed by atoms with Crippen LogP contribution in [-0.4, -0.2) is 18.5 Å². The van der Waals surface area contributed by atoms with E-state index < -0.39 is 17.7 Å². The first kappa shape index (κ1) is 12.1. The van der Waals surface area contributed by atoms with Crippen molar-refractivity contribution >= 4 is 22.6 Å². The molecule has 0 saturated carbocycles. The number of hydrogen-bond acceptors (Lipinski definition) is 3. The number of H-pyrrole nitrogens is 1. The van der Waals surface area contributed by atoms with Crippen LogP contribution in [0.5, 0.6) is 11.5 Å². The summed E-state index contributed by atoms with van der Waals surface area (Å²) in [6, 6.07) is 0.675. The van der Waals surface area contributed by atoms with Crippen LogP contribution in [0, 0.1) is 3.70 Å². The summed E-state index contributed by atoms with van der Waals surface area (Å²) in [7, 11) is 1.18. The quantitative estimate of drug-likeness (QED) is 0.663. The Hall–Kier alpha value is -0.930. The van der Waals surface area contributed by atoms with Crippen molar-refractivity contribution in [3.05, 3.63) is 20.1 Å².